The predicted octanol–water partition coefficient (Wildman–Crippen LogP) is 5.17. The topological polar surface area (TPSA) is 104 Å². The van der Waals surface area contributed by atoms with Crippen LogP contribution >= 0.6 is 11.6 Å². The molecule has 0 aliphatic heterocycles. The molecule has 0 saturated heterocycles. The van der Waals surface area contributed by atoms with Gasteiger partial charge in [-0.15, -0.1) is 5.10 Å². The SMILES string of the molecule is COc1cn(C(Cc2ccccc2)c2nc3ccc(C)cc3[nH]2)c(=O)cc1-c1cc(Cl)ccc1-n1cnnn1. The van der Waals surface area contributed by atoms with Crippen molar-refractivity contribution in [1.29, 1.82) is 0 Å². The van der Waals surface area contributed by atoms with Crippen LogP contribution in [-0.4, -0.2) is 41.9 Å². The Hall–Kier alpha value is -4.76. The summed E-state index contributed by atoms with van der Waals surface area (Å²) in [7, 11) is 1.57. The molecular weight excluding hydrogens is 514 g/mol. The van der Waals surface area contributed by atoms with Gasteiger partial charge in [0.1, 0.15) is 17.9 Å². The van der Waals surface area contributed by atoms with Crippen LogP contribution in [0.1, 0.15) is 23.0 Å². The number of benzene rings is 3. The molecule has 1 N–H and O–H groups in total. The van der Waals surface area contributed by atoms with E-state index >= 15 is 0 Å². The number of nitrogens with zero attached hydrogens (tertiary/aromatic N) is 6. The first kappa shape index (κ1) is 24.6. The number of hydrogen-bond acceptors (Lipinski definition) is 6. The number of fused-ring (bicyclic) bond motifs is 1. The highest BCUT2D eigenvalue weighted by Crippen LogP contribution is 2.35. The van der Waals surface area contributed by atoms with Gasteiger partial charge < -0.3 is 14.3 Å². The number of H-pyrrole nitrogens is 1. The number of ether oxygens (including phenoxy) is 1. The molecule has 3 aromatic heterocycles. The van der Waals surface area contributed by atoms with Crippen molar-refractivity contribution >= 4 is 22.6 Å². The second-order valence-electron chi connectivity index (χ2n) is 9.27. The molecule has 0 aliphatic carbocycles. The normalized spacial score (nSPS) is 12.1. The van der Waals surface area contributed by atoms with Gasteiger partial charge in [-0.1, -0.05) is 48.0 Å². The summed E-state index contributed by atoms with van der Waals surface area (Å²) in [5, 5.41) is 12.0. The molecule has 0 bridgehead atoms. The number of aryl methyl sites for hydroxylation is 1. The lowest BCUT2D eigenvalue weighted by Gasteiger charge is -2.21. The minimum absolute atomic E-state index is 0.217. The molecule has 3 heterocycles. The van der Waals surface area contributed by atoms with Crippen LogP contribution in [0, 0.1) is 6.92 Å². The highest BCUT2D eigenvalue weighted by atomic mass is 35.5. The van der Waals surface area contributed by atoms with E-state index in [1.165, 1.54) is 11.0 Å². The standard InChI is InChI=1S/C29H24ClN7O2/c1-18-8-10-23-24(12-18)33-29(32-23)26(13-19-6-4-3-5-7-19)36-16-27(39-2)22(15-28(36)38)21-14-20(30)9-11-25(21)37-17-31-34-35-37/h3-12,14-17,26H,13H2,1-2H3,(H,32,33). The Kier molecular flexibility index (Phi) is 6.42. The molecular formula is C29H24ClN7O2. The highest BCUT2D eigenvalue weighted by molar-refractivity contribution is 6.31. The Morgan fingerprint density at radius 2 is 1.87 bits per heavy atom. The minimum Gasteiger partial charge on any atom is -0.495 e. The van der Waals surface area contributed by atoms with E-state index in [-0.39, 0.29) is 5.56 Å². The molecule has 0 amide bonds. The van der Waals surface area contributed by atoms with E-state index in [0.29, 0.717) is 39.8 Å². The van der Waals surface area contributed by atoms with Crippen molar-refractivity contribution in [3.05, 3.63) is 118 Å². The van der Waals surface area contributed by atoms with Gasteiger partial charge in [-0.25, -0.2) is 4.98 Å². The first-order valence-corrected chi connectivity index (χ1v) is 12.7. The maximum atomic E-state index is 13.8. The fraction of sp³-hybridized carbons (Fsp3) is 0.138. The van der Waals surface area contributed by atoms with E-state index in [0.717, 1.165) is 22.2 Å². The summed E-state index contributed by atoms with van der Waals surface area (Å²) in [5.74, 6) is 1.18. The van der Waals surface area contributed by atoms with Gasteiger partial charge >= 0.3 is 0 Å². The van der Waals surface area contributed by atoms with Crippen molar-refractivity contribution in [3.63, 3.8) is 0 Å². The highest BCUT2D eigenvalue weighted by Gasteiger charge is 2.23. The van der Waals surface area contributed by atoms with E-state index in [1.807, 2.05) is 49.4 Å². The zero-order valence-corrected chi connectivity index (χ0v) is 22.0. The number of nitrogens with one attached hydrogen (secondary N) is 1. The molecule has 6 rings (SSSR count). The van der Waals surface area contributed by atoms with E-state index in [4.69, 9.17) is 21.3 Å². The maximum absolute atomic E-state index is 13.8. The number of rotatable bonds is 7. The Morgan fingerprint density at radius 1 is 1.03 bits per heavy atom. The molecule has 0 radical (unpaired) electrons. The fourth-order valence-electron chi connectivity index (χ4n) is 4.81. The van der Waals surface area contributed by atoms with Crippen LogP contribution in [-0.2, 0) is 6.42 Å². The third kappa shape index (κ3) is 4.80. The van der Waals surface area contributed by atoms with Gasteiger partial charge in [0.2, 0.25) is 0 Å². The summed E-state index contributed by atoms with van der Waals surface area (Å²) in [6, 6.07) is 22.6. The first-order chi connectivity index (χ1) is 19.0. The third-order valence-electron chi connectivity index (χ3n) is 6.69. The summed E-state index contributed by atoms with van der Waals surface area (Å²) in [5.41, 5.74) is 5.64. The molecule has 0 spiro atoms. The van der Waals surface area contributed by atoms with Crippen LogP contribution in [0.15, 0.2) is 90.1 Å². The molecule has 1 atom stereocenters. The maximum Gasteiger partial charge on any atom is 0.252 e. The van der Waals surface area contributed by atoms with Crippen molar-refractivity contribution < 1.29 is 4.74 Å². The monoisotopic (exact) mass is 537 g/mol. The van der Waals surface area contributed by atoms with E-state index < -0.39 is 6.04 Å². The number of aromatic amines is 1. The van der Waals surface area contributed by atoms with Gasteiger partial charge in [-0.05, 0) is 58.8 Å². The number of tetrazole rings is 1. The largest absolute Gasteiger partial charge is 0.495 e. The van der Waals surface area contributed by atoms with Crippen molar-refractivity contribution in [2.45, 2.75) is 19.4 Å². The Morgan fingerprint density at radius 3 is 2.64 bits per heavy atom. The zero-order valence-electron chi connectivity index (χ0n) is 21.2. The van der Waals surface area contributed by atoms with Gasteiger partial charge in [0, 0.05) is 28.6 Å². The number of imidazole rings is 1. The lowest BCUT2D eigenvalue weighted by molar-refractivity contribution is 0.405. The molecule has 1 unspecified atom stereocenters. The zero-order chi connectivity index (χ0) is 26.9. The van der Waals surface area contributed by atoms with Crippen molar-refractivity contribution in [2.24, 2.45) is 0 Å². The quantitative estimate of drug-likeness (QED) is 0.301. The summed E-state index contributed by atoms with van der Waals surface area (Å²) in [6.45, 7) is 2.04. The molecule has 6 aromatic rings. The van der Waals surface area contributed by atoms with Gasteiger partial charge in [0.25, 0.3) is 5.56 Å². The van der Waals surface area contributed by atoms with E-state index in [2.05, 4.69) is 26.6 Å². The molecule has 0 saturated carbocycles. The Labute approximate surface area is 228 Å². The minimum atomic E-state index is -0.408. The second kappa shape index (κ2) is 10.2. The molecule has 3 aromatic carbocycles. The van der Waals surface area contributed by atoms with Crippen molar-refractivity contribution in [2.75, 3.05) is 7.11 Å². The Balaban J connectivity index is 1.52. The van der Waals surface area contributed by atoms with Gasteiger partial charge in [-0.3, -0.25) is 4.79 Å². The van der Waals surface area contributed by atoms with Gasteiger partial charge in [0.15, 0.2) is 0 Å². The molecule has 194 valence electrons. The van der Waals surface area contributed by atoms with Crippen molar-refractivity contribution in [3.8, 4) is 22.6 Å². The predicted molar refractivity (Wildman–Crippen MR) is 150 cm³/mol. The summed E-state index contributed by atoms with van der Waals surface area (Å²) in [4.78, 5) is 22.1. The number of methoxy groups -OCH3 is 1. The molecule has 9 nitrogen and oxygen atoms in total. The summed E-state index contributed by atoms with van der Waals surface area (Å²) < 4.78 is 9.01. The number of hydrogen-bond donors (Lipinski definition) is 1. The van der Waals surface area contributed by atoms with Crippen LogP contribution in [0.25, 0.3) is 27.8 Å². The molecule has 0 fully saturated rings. The molecule has 10 heteroatoms. The first-order valence-electron chi connectivity index (χ1n) is 12.3. The average Bonchev–Trinajstić information content (AvgIpc) is 3.62. The van der Waals surface area contributed by atoms with E-state index in [1.54, 1.807) is 42.1 Å². The van der Waals surface area contributed by atoms with Crippen LogP contribution < -0.4 is 10.3 Å². The lowest BCUT2D eigenvalue weighted by atomic mass is 10.0. The second-order valence-corrected chi connectivity index (χ2v) is 9.70. The smallest absolute Gasteiger partial charge is 0.252 e. The summed E-state index contributed by atoms with van der Waals surface area (Å²) >= 11 is 6.37. The molecule has 0 aliphatic rings. The number of aromatic nitrogens is 7. The lowest BCUT2D eigenvalue weighted by Crippen LogP contribution is -2.27. The van der Waals surface area contributed by atoms with Crippen molar-refractivity contribution in [1.82, 2.24) is 34.7 Å². The Bertz CT molecular complexity index is 1830. The average molecular weight is 538 g/mol. The number of halogens is 1. The third-order valence-corrected chi connectivity index (χ3v) is 6.92. The van der Waals surface area contributed by atoms with E-state index in [9.17, 15) is 4.79 Å². The number of pyridine rings is 1. The van der Waals surface area contributed by atoms with Crippen LogP contribution in [0.3, 0.4) is 0 Å². The van der Waals surface area contributed by atoms with Crippen LogP contribution in [0.4, 0.5) is 0 Å². The van der Waals surface area contributed by atoms with Crippen LogP contribution in [0.2, 0.25) is 5.02 Å². The van der Waals surface area contributed by atoms with Gasteiger partial charge in [0.05, 0.1) is 36.1 Å². The fourth-order valence-corrected chi connectivity index (χ4v) is 4.98. The van der Waals surface area contributed by atoms with Crippen LogP contribution in [0.5, 0.6) is 5.75 Å². The molecule has 39 heavy (non-hydrogen) atoms. The summed E-state index contributed by atoms with van der Waals surface area (Å²) in [6.07, 6.45) is 3.77. The van der Waals surface area contributed by atoms with Gasteiger partial charge in [-0.2, -0.15) is 4.68 Å².